The predicted molar refractivity (Wildman–Crippen MR) is 82.6 cm³/mol. The molecular weight excluding hydrogens is 266 g/mol. The van der Waals surface area contributed by atoms with Crippen LogP contribution in [0.2, 0.25) is 0 Å². The standard InChI is InChI=1S/C17H25NO3/c1-3-21-16-9-5-4-8-15(16)13(2)18-10-6-7-14(12-18)11-17(19)20/h4-5,8-9,13-14H,3,6-7,10-12H2,1-2H3,(H,19,20). The molecule has 0 spiro atoms. The van der Waals surface area contributed by atoms with Gasteiger partial charge >= 0.3 is 5.97 Å². The maximum atomic E-state index is 10.9. The quantitative estimate of drug-likeness (QED) is 0.873. The largest absolute Gasteiger partial charge is 0.494 e. The van der Waals surface area contributed by atoms with Crippen molar-refractivity contribution in [3.8, 4) is 5.75 Å². The van der Waals surface area contributed by atoms with E-state index in [9.17, 15) is 4.79 Å². The number of piperidine rings is 1. The van der Waals surface area contributed by atoms with Gasteiger partial charge in [0.15, 0.2) is 0 Å². The number of rotatable bonds is 6. The average molecular weight is 291 g/mol. The molecule has 2 atom stereocenters. The van der Waals surface area contributed by atoms with Crippen molar-refractivity contribution >= 4 is 5.97 Å². The van der Waals surface area contributed by atoms with Gasteiger partial charge in [0.2, 0.25) is 0 Å². The van der Waals surface area contributed by atoms with E-state index in [2.05, 4.69) is 17.9 Å². The van der Waals surface area contributed by atoms with E-state index in [1.54, 1.807) is 0 Å². The molecule has 1 N–H and O–H groups in total. The van der Waals surface area contributed by atoms with Gasteiger partial charge in [-0.2, -0.15) is 0 Å². The Morgan fingerprint density at radius 2 is 2.24 bits per heavy atom. The van der Waals surface area contributed by atoms with E-state index in [0.717, 1.165) is 31.7 Å². The van der Waals surface area contributed by atoms with Crippen molar-refractivity contribution in [2.24, 2.45) is 5.92 Å². The zero-order valence-electron chi connectivity index (χ0n) is 12.9. The number of nitrogens with zero attached hydrogens (tertiary/aromatic N) is 1. The molecule has 4 heteroatoms. The van der Waals surface area contributed by atoms with Crippen LogP contribution in [0.1, 0.15) is 44.7 Å². The van der Waals surface area contributed by atoms with Crippen molar-refractivity contribution in [2.45, 2.75) is 39.2 Å². The second-order valence-electron chi connectivity index (χ2n) is 5.75. The molecule has 1 aromatic carbocycles. The molecule has 0 aromatic heterocycles. The number of aliphatic carboxylic acids is 1. The number of hydrogen-bond acceptors (Lipinski definition) is 3. The number of para-hydroxylation sites is 1. The second-order valence-corrected chi connectivity index (χ2v) is 5.75. The summed E-state index contributed by atoms with van der Waals surface area (Å²) in [7, 11) is 0. The van der Waals surface area contributed by atoms with E-state index < -0.39 is 5.97 Å². The molecule has 1 aromatic rings. The summed E-state index contributed by atoms with van der Waals surface area (Å²) in [6.45, 7) is 6.71. The molecule has 0 amide bonds. The van der Waals surface area contributed by atoms with Crippen molar-refractivity contribution in [2.75, 3.05) is 19.7 Å². The molecule has 2 unspecified atom stereocenters. The van der Waals surface area contributed by atoms with Crippen LogP contribution in [0, 0.1) is 5.92 Å². The van der Waals surface area contributed by atoms with Crippen molar-refractivity contribution in [1.82, 2.24) is 4.90 Å². The third-order valence-electron chi connectivity index (χ3n) is 4.23. The highest BCUT2D eigenvalue weighted by atomic mass is 16.5. The van der Waals surface area contributed by atoms with E-state index in [4.69, 9.17) is 9.84 Å². The Bertz CT molecular complexity index is 475. The minimum absolute atomic E-state index is 0.254. The Balaban J connectivity index is 2.08. The Kier molecular flexibility index (Phi) is 5.62. The van der Waals surface area contributed by atoms with Gasteiger partial charge in [-0.15, -0.1) is 0 Å². The molecule has 2 rings (SSSR count). The van der Waals surface area contributed by atoms with Gasteiger partial charge in [-0.3, -0.25) is 9.69 Å². The minimum atomic E-state index is -0.691. The van der Waals surface area contributed by atoms with Gasteiger partial charge in [-0.1, -0.05) is 18.2 Å². The zero-order valence-corrected chi connectivity index (χ0v) is 12.9. The molecule has 21 heavy (non-hydrogen) atoms. The van der Waals surface area contributed by atoms with Gasteiger partial charge in [0.25, 0.3) is 0 Å². The Hall–Kier alpha value is -1.55. The van der Waals surface area contributed by atoms with Crippen LogP contribution in [0.5, 0.6) is 5.75 Å². The highest BCUT2D eigenvalue weighted by molar-refractivity contribution is 5.67. The lowest BCUT2D eigenvalue weighted by atomic mass is 9.92. The fraction of sp³-hybridized carbons (Fsp3) is 0.588. The molecule has 1 aliphatic heterocycles. The number of carbonyl (C=O) groups is 1. The van der Waals surface area contributed by atoms with Crippen LogP contribution >= 0.6 is 0 Å². The summed E-state index contributed by atoms with van der Waals surface area (Å²) in [5, 5.41) is 8.98. The second kappa shape index (κ2) is 7.46. The molecule has 1 heterocycles. The van der Waals surface area contributed by atoms with E-state index in [1.807, 2.05) is 25.1 Å². The maximum Gasteiger partial charge on any atom is 0.303 e. The number of carboxylic acids is 1. The van der Waals surface area contributed by atoms with Crippen molar-refractivity contribution in [1.29, 1.82) is 0 Å². The van der Waals surface area contributed by atoms with E-state index in [1.165, 1.54) is 5.56 Å². The maximum absolute atomic E-state index is 10.9. The summed E-state index contributed by atoms with van der Waals surface area (Å²) in [4.78, 5) is 13.3. The van der Waals surface area contributed by atoms with Gasteiger partial charge in [0, 0.05) is 24.6 Å². The Labute approximate surface area is 126 Å². The first-order chi connectivity index (χ1) is 10.1. The van der Waals surface area contributed by atoms with E-state index in [0.29, 0.717) is 6.61 Å². The number of ether oxygens (including phenoxy) is 1. The van der Waals surface area contributed by atoms with E-state index in [-0.39, 0.29) is 18.4 Å². The lowest BCUT2D eigenvalue weighted by Crippen LogP contribution is -2.38. The van der Waals surface area contributed by atoms with E-state index >= 15 is 0 Å². The molecule has 1 saturated heterocycles. The molecule has 4 nitrogen and oxygen atoms in total. The summed E-state index contributed by atoms with van der Waals surface area (Å²) in [6, 6.07) is 8.40. The van der Waals surface area contributed by atoms with Gasteiger partial charge in [-0.25, -0.2) is 0 Å². The lowest BCUT2D eigenvalue weighted by molar-refractivity contribution is -0.138. The fourth-order valence-corrected chi connectivity index (χ4v) is 3.17. The first kappa shape index (κ1) is 15.8. The Morgan fingerprint density at radius 1 is 1.48 bits per heavy atom. The molecule has 0 saturated carbocycles. The molecular formula is C17H25NO3. The smallest absolute Gasteiger partial charge is 0.303 e. The monoisotopic (exact) mass is 291 g/mol. The van der Waals surface area contributed by atoms with Crippen LogP contribution in [0.4, 0.5) is 0 Å². The number of benzene rings is 1. The van der Waals surface area contributed by atoms with Gasteiger partial charge < -0.3 is 9.84 Å². The summed E-state index contributed by atoms with van der Waals surface area (Å²) >= 11 is 0. The van der Waals surface area contributed by atoms with Gasteiger partial charge in [0.05, 0.1) is 6.61 Å². The Morgan fingerprint density at radius 3 is 2.95 bits per heavy atom. The fourth-order valence-electron chi connectivity index (χ4n) is 3.17. The van der Waals surface area contributed by atoms with Crippen LogP contribution in [-0.4, -0.2) is 35.7 Å². The summed E-state index contributed by atoms with van der Waals surface area (Å²) < 4.78 is 5.72. The summed E-state index contributed by atoms with van der Waals surface area (Å²) in [5.41, 5.74) is 1.19. The topological polar surface area (TPSA) is 49.8 Å². The van der Waals surface area contributed by atoms with Crippen LogP contribution in [-0.2, 0) is 4.79 Å². The first-order valence-electron chi connectivity index (χ1n) is 7.79. The van der Waals surface area contributed by atoms with Crippen LogP contribution in [0.25, 0.3) is 0 Å². The third kappa shape index (κ3) is 4.21. The average Bonchev–Trinajstić information content (AvgIpc) is 2.47. The number of carboxylic acid groups (broad SMARTS) is 1. The van der Waals surface area contributed by atoms with Crippen LogP contribution in [0.3, 0.4) is 0 Å². The molecule has 116 valence electrons. The predicted octanol–water partition coefficient (Wildman–Crippen LogP) is 3.33. The zero-order chi connectivity index (χ0) is 15.2. The van der Waals surface area contributed by atoms with Gasteiger partial charge in [0.1, 0.15) is 5.75 Å². The van der Waals surface area contributed by atoms with Crippen molar-refractivity contribution in [3.63, 3.8) is 0 Å². The molecule has 0 aliphatic carbocycles. The summed E-state index contributed by atoms with van der Waals surface area (Å²) in [5.74, 6) is 0.509. The highest BCUT2D eigenvalue weighted by Gasteiger charge is 2.26. The molecule has 1 aliphatic rings. The van der Waals surface area contributed by atoms with Crippen LogP contribution < -0.4 is 4.74 Å². The third-order valence-corrected chi connectivity index (χ3v) is 4.23. The minimum Gasteiger partial charge on any atom is -0.494 e. The molecule has 0 radical (unpaired) electrons. The van der Waals surface area contributed by atoms with Gasteiger partial charge in [-0.05, 0) is 45.2 Å². The highest BCUT2D eigenvalue weighted by Crippen LogP contribution is 2.32. The first-order valence-corrected chi connectivity index (χ1v) is 7.79. The number of likely N-dealkylation sites (tertiary alicyclic amines) is 1. The SMILES string of the molecule is CCOc1ccccc1C(C)N1CCCC(CC(=O)O)C1. The summed E-state index contributed by atoms with van der Waals surface area (Å²) in [6.07, 6.45) is 2.36. The number of hydrogen-bond donors (Lipinski definition) is 1. The normalized spacial score (nSPS) is 21.0. The van der Waals surface area contributed by atoms with Crippen LogP contribution in [0.15, 0.2) is 24.3 Å². The van der Waals surface area contributed by atoms with Crippen molar-refractivity contribution in [3.05, 3.63) is 29.8 Å². The molecule has 0 bridgehead atoms. The lowest BCUT2D eigenvalue weighted by Gasteiger charge is -2.37. The molecule has 1 fully saturated rings. The van der Waals surface area contributed by atoms with Crippen molar-refractivity contribution < 1.29 is 14.6 Å².